The van der Waals surface area contributed by atoms with Gasteiger partial charge in [-0.2, -0.15) is 0 Å². The Kier molecular flexibility index (Phi) is 3.72. The van der Waals surface area contributed by atoms with Crippen molar-refractivity contribution in [1.29, 1.82) is 0 Å². The third-order valence-electron chi connectivity index (χ3n) is 4.54. The molecule has 3 nitrogen and oxygen atoms in total. The standard InChI is InChI=1S/C20H19NO2/c22-20-14-16-3-1-2-4-18(16)19(20)13-15-5-7-17(8-6-15)21-9-11-23-12-10-21/h1-8,13H,9-12,14H2/b19-13-. The number of ether oxygens (including phenoxy) is 1. The first-order valence-electron chi connectivity index (χ1n) is 8.07. The third-order valence-corrected chi connectivity index (χ3v) is 4.54. The van der Waals surface area contributed by atoms with Crippen molar-refractivity contribution in [3.05, 3.63) is 65.2 Å². The Morgan fingerprint density at radius 2 is 1.70 bits per heavy atom. The molecule has 23 heavy (non-hydrogen) atoms. The van der Waals surface area contributed by atoms with Gasteiger partial charge < -0.3 is 9.64 Å². The van der Waals surface area contributed by atoms with E-state index in [0.29, 0.717) is 6.42 Å². The van der Waals surface area contributed by atoms with Crippen LogP contribution in [0.2, 0.25) is 0 Å². The van der Waals surface area contributed by atoms with Crippen LogP contribution in [-0.4, -0.2) is 32.1 Å². The van der Waals surface area contributed by atoms with E-state index in [2.05, 4.69) is 29.2 Å². The predicted octanol–water partition coefficient (Wildman–Crippen LogP) is 3.19. The number of anilines is 1. The molecule has 0 aromatic heterocycles. The predicted molar refractivity (Wildman–Crippen MR) is 92.5 cm³/mol. The number of fused-ring (bicyclic) bond motifs is 1. The number of Topliss-reactive ketones (excluding diaryl/α,β-unsaturated/α-hetero) is 1. The quantitative estimate of drug-likeness (QED) is 0.798. The van der Waals surface area contributed by atoms with Crippen LogP contribution in [0.3, 0.4) is 0 Å². The van der Waals surface area contributed by atoms with Gasteiger partial charge in [-0.25, -0.2) is 0 Å². The van der Waals surface area contributed by atoms with E-state index in [1.54, 1.807) is 0 Å². The first kappa shape index (κ1) is 14.2. The highest BCUT2D eigenvalue weighted by molar-refractivity contribution is 6.29. The zero-order chi connectivity index (χ0) is 15.6. The maximum atomic E-state index is 12.3. The lowest BCUT2D eigenvalue weighted by Gasteiger charge is -2.28. The average Bonchev–Trinajstić information content (AvgIpc) is 2.92. The summed E-state index contributed by atoms with van der Waals surface area (Å²) in [7, 11) is 0. The number of carbonyl (C=O) groups is 1. The number of allylic oxidation sites excluding steroid dienone is 1. The van der Waals surface area contributed by atoms with Crippen LogP contribution in [0.15, 0.2) is 48.5 Å². The molecule has 116 valence electrons. The largest absolute Gasteiger partial charge is 0.378 e. The molecule has 0 atom stereocenters. The topological polar surface area (TPSA) is 29.5 Å². The molecule has 0 bridgehead atoms. The van der Waals surface area contributed by atoms with Crippen LogP contribution in [0, 0.1) is 0 Å². The van der Waals surface area contributed by atoms with E-state index in [0.717, 1.165) is 48.6 Å². The highest BCUT2D eigenvalue weighted by atomic mass is 16.5. The Hall–Kier alpha value is -2.39. The second kappa shape index (κ2) is 6.01. The van der Waals surface area contributed by atoms with E-state index in [1.165, 1.54) is 5.69 Å². The first-order valence-corrected chi connectivity index (χ1v) is 8.07. The molecular formula is C20H19NO2. The number of nitrogens with zero attached hydrogens (tertiary/aromatic N) is 1. The Balaban J connectivity index is 1.60. The lowest BCUT2D eigenvalue weighted by Crippen LogP contribution is -2.36. The zero-order valence-corrected chi connectivity index (χ0v) is 13.0. The van der Waals surface area contributed by atoms with Crippen LogP contribution in [0.5, 0.6) is 0 Å². The molecule has 0 unspecified atom stereocenters. The molecule has 0 saturated carbocycles. The molecule has 1 aliphatic carbocycles. The van der Waals surface area contributed by atoms with E-state index in [-0.39, 0.29) is 5.78 Å². The molecule has 2 aliphatic rings. The Morgan fingerprint density at radius 1 is 0.957 bits per heavy atom. The molecule has 1 heterocycles. The van der Waals surface area contributed by atoms with Crippen molar-refractivity contribution in [2.24, 2.45) is 0 Å². The number of rotatable bonds is 2. The van der Waals surface area contributed by atoms with Crippen molar-refractivity contribution in [2.75, 3.05) is 31.2 Å². The highest BCUT2D eigenvalue weighted by Crippen LogP contribution is 2.31. The van der Waals surface area contributed by atoms with Gasteiger partial charge in [-0.15, -0.1) is 0 Å². The molecule has 0 radical (unpaired) electrons. The van der Waals surface area contributed by atoms with Gasteiger partial charge in [0.1, 0.15) is 0 Å². The summed E-state index contributed by atoms with van der Waals surface area (Å²) in [4.78, 5) is 14.6. The minimum absolute atomic E-state index is 0.212. The number of hydrogen-bond acceptors (Lipinski definition) is 3. The van der Waals surface area contributed by atoms with Crippen LogP contribution < -0.4 is 4.90 Å². The van der Waals surface area contributed by atoms with Crippen molar-refractivity contribution in [3.8, 4) is 0 Å². The van der Waals surface area contributed by atoms with Crippen molar-refractivity contribution in [2.45, 2.75) is 6.42 Å². The second-order valence-corrected chi connectivity index (χ2v) is 6.01. The number of carbonyl (C=O) groups excluding carboxylic acids is 1. The maximum absolute atomic E-state index is 12.3. The summed E-state index contributed by atoms with van der Waals surface area (Å²) < 4.78 is 5.39. The van der Waals surface area contributed by atoms with Crippen LogP contribution in [-0.2, 0) is 16.0 Å². The summed E-state index contributed by atoms with van der Waals surface area (Å²) in [5, 5.41) is 0. The van der Waals surface area contributed by atoms with Gasteiger partial charge in [0.2, 0.25) is 0 Å². The number of morpholine rings is 1. The van der Waals surface area contributed by atoms with Crippen LogP contribution in [0.1, 0.15) is 16.7 Å². The summed E-state index contributed by atoms with van der Waals surface area (Å²) in [6, 6.07) is 16.5. The van der Waals surface area contributed by atoms with E-state index in [9.17, 15) is 4.79 Å². The third kappa shape index (κ3) is 2.80. The Labute approximate surface area is 136 Å². The summed E-state index contributed by atoms with van der Waals surface area (Å²) in [6.45, 7) is 3.45. The maximum Gasteiger partial charge on any atom is 0.167 e. The van der Waals surface area contributed by atoms with Gasteiger partial charge in [-0.3, -0.25) is 4.79 Å². The molecule has 1 fully saturated rings. The summed E-state index contributed by atoms with van der Waals surface area (Å²) in [5.74, 6) is 0.212. The molecule has 0 spiro atoms. The number of ketones is 1. The van der Waals surface area contributed by atoms with Crippen molar-refractivity contribution in [1.82, 2.24) is 0 Å². The Morgan fingerprint density at radius 3 is 2.48 bits per heavy atom. The van der Waals surface area contributed by atoms with Gasteiger partial charge in [0.05, 0.1) is 13.2 Å². The fourth-order valence-corrected chi connectivity index (χ4v) is 3.28. The number of benzene rings is 2. The molecule has 4 rings (SSSR count). The van der Waals surface area contributed by atoms with Gasteiger partial charge in [-0.1, -0.05) is 36.4 Å². The van der Waals surface area contributed by atoms with Gasteiger partial charge in [0.15, 0.2) is 5.78 Å². The number of hydrogen-bond donors (Lipinski definition) is 0. The van der Waals surface area contributed by atoms with Gasteiger partial charge >= 0.3 is 0 Å². The van der Waals surface area contributed by atoms with E-state index >= 15 is 0 Å². The van der Waals surface area contributed by atoms with Gasteiger partial charge in [0, 0.05) is 30.8 Å². The fourth-order valence-electron chi connectivity index (χ4n) is 3.28. The summed E-state index contributed by atoms with van der Waals surface area (Å²) in [5.41, 5.74) is 5.33. The first-order chi connectivity index (χ1) is 11.3. The molecule has 0 N–H and O–H groups in total. The second-order valence-electron chi connectivity index (χ2n) is 6.01. The van der Waals surface area contributed by atoms with Crippen molar-refractivity contribution >= 4 is 23.1 Å². The molecule has 3 heteroatoms. The summed E-state index contributed by atoms with van der Waals surface area (Å²) in [6.07, 6.45) is 2.53. The van der Waals surface area contributed by atoms with E-state index in [1.807, 2.05) is 30.3 Å². The van der Waals surface area contributed by atoms with Gasteiger partial charge in [-0.05, 0) is 34.9 Å². The normalized spacial score (nSPS) is 19.2. The highest BCUT2D eigenvalue weighted by Gasteiger charge is 2.23. The molecular weight excluding hydrogens is 286 g/mol. The average molecular weight is 305 g/mol. The minimum Gasteiger partial charge on any atom is -0.378 e. The lowest BCUT2D eigenvalue weighted by atomic mass is 10.0. The van der Waals surface area contributed by atoms with E-state index < -0.39 is 0 Å². The molecule has 1 aliphatic heterocycles. The smallest absolute Gasteiger partial charge is 0.167 e. The molecule has 1 saturated heterocycles. The van der Waals surface area contributed by atoms with Gasteiger partial charge in [0.25, 0.3) is 0 Å². The van der Waals surface area contributed by atoms with Crippen molar-refractivity contribution in [3.63, 3.8) is 0 Å². The Bertz CT molecular complexity index is 755. The van der Waals surface area contributed by atoms with Crippen LogP contribution >= 0.6 is 0 Å². The lowest BCUT2D eigenvalue weighted by molar-refractivity contribution is -0.112. The molecule has 0 amide bonds. The molecule has 2 aromatic carbocycles. The zero-order valence-electron chi connectivity index (χ0n) is 13.0. The van der Waals surface area contributed by atoms with Crippen LogP contribution in [0.25, 0.3) is 11.6 Å². The SMILES string of the molecule is O=C1Cc2ccccc2/C1=C/c1ccc(N2CCOCC2)cc1. The van der Waals surface area contributed by atoms with E-state index in [4.69, 9.17) is 4.74 Å². The monoisotopic (exact) mass is 305 g/mol. The molecule has 2 aromatic rings. The van der Waals surface area contributed by atoms with Crippen molar-refractivity contribution < 1.29 is 9.53 Å². The fraction of sp³-hybridized carbons (Fsp3) is 0.250. The van der Waals surface area contributed by atoms with Crippen LogP contribution in [0.4, 0.5) is 5.69 Å². The minimum atomic E-state index is 0.212. The summed E-state index contributed by atoms with van der Waals surface area (Å²) >= 11 is 0.